The van der Waals surface area contributed by atoms with Gasteiger partial charge in [-0.1, -0.05) is 23.4 Å². The van der Waals surface area contributed by atoms with E-state index in [0.717, 1.165) is 5.56 Å². The summed E-state index contributed by atoms with van der Waals surface area (Å²) in [6, 6.07) is 18.8. The molecule has 1 fully saturated rings. The van der Waals surface area contributed by atoms with E-state index < -0.39 is 0 Å². The molecule has 0 aliphatic carbocycles. The van der Waals surface area contributed by atoms with E-state index in [9.17, 15) is 14.4 Å². The Kier molecular flexibility index (Phi) is 5.32. The Morgan fingerprint density at radius 2 is 1.73 bits per heavy atom. The van der Waals surface area contributed by atoms with E-state index in [1.165, 1.54) is 12.1 Å². The van der Waals surface area contributed by atoms with Gasteiger partial charge in [0.25, 0.3) is 5.91 Å². The van der Waals surface area contributed by atoms with Crippen LogP contribution in [0.4, 0.5) is 10.3 Å². The largest absolute Gasteiger partial charge is 0.419 e. The quantitative estimate of drug-likeness (QED) is 0.471. The van der Waals surface area contributed by atoms with Crippen molar-refractivity contribution in [1.29, 1.82) is 5.26 Å². The highest BCUT2D eigenvalue weighted by molar-refractivity contribution is 5.93. The molecule has 2 aromatic carbocycles. The van der Waals surface area contributed by atoms with E-state index in [4.69, 9.17) is 8.94 Å². The van der Waals surface area contributed by atoms with Gasteiger partial charge in [0.15, 0.2) is 11.5 Å². The molecule has 164 valence electrons. The van der Waals surface area contributed by atoms with Gasteiger partial charge in [-0.3, -0.25) is 4.79 Å². The first kappa shape index (κ1) is 20.5. The SMILES string of the molecule is N#Cc1nc(-c2ccccc2)oc1N1CCN(C(=O)c2cc(-c3ccc(F)cc3)on2)CC1. The molecule has 4 aromatic rings. The standard InChI is InChI=1S/C24H18FN5O3/c25-18-8-6-16(7-9-18)21-14-19(28-33-21)23(31)29-10-12-30(13-11-29)24-20(15-26)27-22(32-24)17-4-2-1-3-5-17/h1-9,14H,10-13H2. The Morgan fingerprint density at radius 1 is 1.00 bits per heavy atom. The molecule has 0 radical (unpaired) electrons. The molecule has 1 aliphatic heterocycles. The van der Waals surface area contributed by atoms with Crippen LogP contribution in [-0.2, 0) is 0 Å². The minimum Gasteiger partial charge on any atom is -0.419 e. The minimum atomic E-state index is -0.352. The summed E-state index contributed by atoms with van der Waals surface area (Å²) in [6.45, 7) is 1.80. The monoisotopic (exact) mass is 443 g/mol. The van der Waals surface area contributed by atoms with Crippen LogP contribution in [0.3, 0.4) is 0 Å². The number of anilines is 1. The first-order valence-corrected chi connectivity index (χ1v) is 10.4. The molecule has 8 nitrogen and oxygen atoms in total. The number of benzene rings is 2. The maximum Gasteiger partial charge on any atom is 0.276 e. The van der Waals surface area contributed by atoms with Crippen molar-refractivity contribution in [3.05, 3.63) is 77.9 Å². The Balaban J connectivity index is 1.27. The topological polar surface area (TPSA) is 99.4 Å². The summed E-state index contributed by atoms with van der Waals surface area (Å²) in [5.41, 5.74) is 1.83. The van der Waals surface area contributed by atoms with E-state index in [1.54, 1.807) is 23.1 Å². The number of aromatic nitrogens is 2. The Morgan fingerprint density at radius 3 is 2.42 bits per heavy atom. The normalized spacial score (nSPS) is 13.7. The summed E-state index contributed by atoms with van der Waals surface area (Å²) in [5.74, 6) is 0.579. The summed E-state index contributed by atoms with van der Waals surface area (Å²) >= 11 is 0. The third-order valence-electron chi connectivity index (χ3n) is 5.45. The fourth-order valence-corrected chi connectivity index (χ4v) is 3.70. The molecule has 0 atom stereocenters. The van der Waals surface area contributed by atoms with Gasteiger partial charge in [-0.05, 0) is 36.4 Å². The van der Waals surface area contributed by atoms with Gasteiger partial charge in [0.05, 0.1) is 0 Å². The lowest BCUT2D eigenvalue weighted by Gasteiger charge is -2.34. The van der Waals surface area contributed by atoms with Gasteiger partial charge in [0.2, 0.25) is 17.5 Å². The number of amides is 1. The lowest BCUT2D eigenvalue weighted by molar-refractivity contribution is 0.0735. The van der Waals surface area contributed by atoms with Crippen molar-refractivity contribution in [2.24, 2.45) is 0 Å². The van der Waals surface area contributed by atoms with Crippen LogP contribution in [0, 0.1) is 17.1 Å². The first-order chi connectivity index (χ1) is 16.1. The Labute approximate surface area is 188 Å². The molecule has 0 N–H and O–H groups in total. The minimum absolute atomic E-state index is 0.187. The molecule has 9 heteroatoms. The maximum atomic E-state index is 13.1. The second-order valence-electron chi connectivity index (χ2n) is 7.51. The molecular weight excluding hydrogens is 425 g/mol. The van der Waals surface area contributed by atoms with Crippen LogP contribution in [0.5, 0.6) is 0 Å². The number of carbonyl (C=O) groups is 1. The van der Waals surface area contributed by atoms with E-state index in [1.807, 2.05) is 35.2 Å². The van der Waals surface area contributed by atoms with Crippen molar-refractivity contribution in [3.8, 4) is 28.8 Å². The third kappa shape index (κ3) is 4.06. The van der Waals surface area contributed by atoms with Crippen molar-refractivity contribution < 1.29 is 18.1 Å². The summed E-state index contributed by atoms with van der Waals surface area (Å²) < 4.78 is 24.3. The van der Waals surface area contributed by atoms with Gasteiger partial charge in [0.1, 0.15) is 11.9 Å². The number of carbonyl (C=O) groups excluding carboxylic acids is 1. The molecule has 3 heterocycles. The molecule has 0 bridgehead atoms. The van der Waals surface area contributed by atoms with E-state index in [0.29, 0.717) is 49.3 Å². The van der Waals surface area contributed by atoms with Crippen molar-refractivity contribution >= 4 is 11.8 Å². The average molecular weight is 443 g/mol. The highest BCUT2D eigenvalue weighted by atomic mass is 19.1. The van der Waals surface area contributed by atoms with Crippen molar-refractivity contribution in [2.75, 3.05) is 31.1 Å². The molecule has 1 aliphatic rings. The van der Waals surface area contributed by atoms with Crippen LogP contribution in [-0.4, -0.2) is 47.1 Å². The number of nitrogens with zero attached hydrogens (tertiary/aromatic N) is 5. The van der Waals surface area contributed by atoms with Crippen LogP contribution < -0.4 is 4.90 Å². The molecule has 5 rings (SSSR count). The number of hydrogen-bond acceptors (Lipinski definition) is 7. The predicted octanol–water partition coefficient (Wildman–Crippen LogP) is 3.97. The van der Waals surface area contributed by atoms with Crippen LogP contribution in [0.25, 0.3) is 22.8 Å². The summed E-state index contributed by atoms with van der Waals surface area (Å²) in [5, 5.41) is 13.4. The van der Waals surface area contributed by atoms with Crippen LogP contribution in [0.15, 0.2) is 69.6 Å². The van der Waals surface area contributed by atoms with Crippen molar-refractivity contribution in [1.82, 2.24) is 15.0 Å². The molecule has 1 amide bonds. The molecule has 0 saturated carbocycles. The smallest absolute Gasteiger partial charge is 0.276 e. The van der Waals surface area contributed by atoms with Crippen LogP contribution in [0.1, 0.15) is 16.2 Å². The average Bonchev–Trinajstić information content (AvgIpc) is 3.53. The van der Waals surface area contributed by atoms with Crippen molar-refractivity contribution in [3.63, 3.8) is 0 Å². The molecular formula is C24H18FN5O3. The molecule has 1 saturated heterocycles. The highest BCUT2D eigenvalue weighted by Gasteiger charge is 2.28. The van der Waals surface area contributed by atoms with Crippen molar-refractivity contribution in [2.45, 2.75) is 0 Å². The molecule has 2 aromatic heterocycles. The van der Waals surface area contributed by atoms with Gasteiger partial charge in [-0.15, -0.1) is 0 Å². The predicted molar refractivity (Wildman–Crippen MR) is 117 cm³/mol. The zero-order valence-electron chi connectivity index (χ0n) is 17.4. The van der Waals surface area contributed by atoms with Gasteiger partial charge >= 0.3 is 0 Å². The number of rotatable bonds is 4. The van der Waals surface area contributed by atoms with E-state index in [-0.39, 0.29) is 23.1 Å². The Hall–Kier alpha value is -4.45. The molecule has 0 spiro atoms. The summed E-state index contributed by atoms with van der Waals surface area (Å²) in [6.07, 6.45) is 0. The second kappa shape index (κ2) is 8.59. The van der Waals surface area contributed by atoms with Gasteiger partial charge in [-0.25, -0.2) is 4.39 Å². The summed E-state index contributed by atoms with van der Waals surface area (Å²) in [4.78, 5) is 20.8. The van der Waals surface area contributed by atoms with E-state index >= 15 is 0 Å². The molecule has 33 heavy (non-hydrogen) atoms. The maximum absolute atomic E-state index is 13.1. The zero-order chi connectivity index (χ0) is 22.8. The first-order valence-electron chi connectivity index (χ1n) is 10.4. The number of nitriles is 1. The van der Waals surface area contributed by atoms with Crippen LogP contribution in [0.2, 0.25) is 0 Å². The van der Waals surface area contributed by atoms with Gasteiger partial charge in [-0.2, -0.15) is 10.2 Å². The number of oxazole rings is 1. The van der Waals surface area contributed by atoms with E-state index in [2.05, 4.69) is 16.2 Å². The van der Waals surface area contributed by atoms with Crippen LogP contribution >= 0.6 is 0 Å². The highest BCUT2D eigenvalue weighted by Crippen LogP contribution is 2.29. The number of hydrogen-bond donors (Lipinski definition) is 0. The fourth-order valence-electron chi connectivity index (χ4n) is 3.70. The molecule has 0 unspecified atom stereocenters. The second-order valence-corrected chi connectivity index (χ2v) is 7.51. The third-order valence-corrected chi connectivity index (χ3v) is 5.45. The fraction of sp³-hybridized carbons (Fsp3) is 0.167. The zero-order valence-corrected chi connectivity index (χ0v) is 17.4. The summed E-state index contributed by atoms with van der Waals surface area (Å²) in [7, 11) is 0. The Bertz CT molecular complexity index is 1320. The van der Waals surface area contributed by atoms with Gasteiger partial charge in [0, 0.05) is 43.4 Å². The number of halogens is 1. The lowest BCUT2D eigenvalue weighted by atomic mass is 10.1. The van der Waals surface area contributed by atoms with Gasteiger partial charge < -0.3 is 18.7 Å². The number of piperazine rings is 1. The lowest BCUT2D eigenvalue weighted by Crippen LogP contribution is -2.49.